The van der Waals surface area contributed by atoms with Crippen molar-refractivity contribution in [1.29, 1.82) is 0 Å². The highest BCUT2D eigenvalue weighted by Gasteiger charge is 2.15. The van der Waals surface area contributed by atoms with Gasteiger partial charge in [0.25, 0.3) is 0 Å². The minimum Gasteiger partial charge on any atom is -0.393 e. The maximum atomic E-state index is 9.65. The number of nitrogens with one attached hydrogen (secondary N) is 1. The van der Waals surface area contributed by atoms with Gasteiger partial charge in [-0.25, -0.2) is 0 Å². The molecule has 1 heterocycles. The molecule has 0 aromatic heterocycles. The van der Waals surface area contributed by atoms with Gasteiger partial charge in [0, 0.05) is 13.2 Å². The van der Waals surface area contributed by atoms with Crippen LogP contribution in [0.4, 0.5) is 0 Å². The lowest BCUT2D eigenvalue weighted by atomic mass is 10.2. The number of rotatable bonds is 10. The lowest BCUT2D eigenvalue weighted by molar-refractivity contribution is -0.0164. The molecule has 18 heavy (non-hydrogen) atoms. The van der Waals surface area contributed by atoms with Crippen LogP contribution in [-0.4, -0.2) is 61.4 Å². The van der Waals surface area contributed by atoms with E-state index in [4.69, 9.17) is 14.6 Å². The number of aliphatic hydroxyl groups is 2. The quantitative estimate of drug-likeness (QED) is 0.493. The fourth-order valence-corrected chi connectivity index (χ4v) is 1.96. The van der Waals surface area contributed by atoms with Crippen molar-refractivity contribution in [2.75, 3.05) is 32.9 Å². The van der Waals surface area contributed by atoms with Gasteiger partial charge in [0.2, 0.25) is 0 Å². The summed E-state index contributed by atoms with van der Waals surface area (Å²) in [4.78, 5) is 0. The molecule has 0 radical (unpaired) electrons. The maximum absolute atomic E-state index is 9.65. The lowest BCUT2D eigenvalue weighted by Gasteiger charge is -2.14. The molecule has 0 aromatic carbocycles. The maximum Gasteiger partial charge on any atom is 0.0897 e. The molecule has 3 atom stereocenters. The second-order valence-corrected chi connectivity index (χ2v) is 5.02. The first-order chi connectivity index (χ1) is 8.68. The highest BCUT2D eigenvalue weighted by atomic mass is 16.5. The molecule has 1 aliphatic rings. The van der Waals surface area contributed by atoms with Crippen molar-refractivity contribution in [3.8, 4) is 0 Å². The van der Waals surface area contributed by atoms with Crippen molar-refractivity contribution >= 4 is 0 Å². The zero-order valence-electron chi connectivity index (χ0n) is 11.3. The molecule has 5 nitrogen and oxygen atoms in total. The van der Waals surface area contributed by atoms with E-state index < -0.39 is 6.10 Å². The Kier molecular flexibility index (Phi) is 8.54. The smallest absolute Gasteiger partial charge is 0.0897 e. The molecule has 0 saturated carbocycles. The van der Waals surface area contributed by atoms with Crippen LogP contribution in [0.25, 0.3) is 0 Å². The van der Waals surface area contributed by atoms with Crippen LogP contribution in [0.3, 0.4) is 0 Å². The van der Waals surface area contributed by atoms with Crippen LogP contribution >= 0.6 is 0 Å². The van der Waals surface area contributed by atoms with E-state index in [1.54, 1.807) is 6.92 Å². The Bertz CT molecular complexity index is 195. The Hall–Kier alpha value is -0.200. The minimum atomic E-state index is -0.474. The van der Waals surface area contributed by atoms with Gasteiger partial charge in [-0.1, -0.05) is 0 Å². The Morgan fingerprint density at radius 1 is 1.44 bits per heavy atom. The van der Waals surface area contributed by atoms with Crippen molar-refractivity contribution < 1.29 is 19.7 Å². The monoisotopic (exact) mass is 261 g/mol. The van der Waals surface area contributed by atoms with Gasteiger partial charge in [0.05, 0.1) is 31.5 Å². The third-order valence-electron chi connectivity index (χ3n) is 2.99. The summed E-state index contributed by atoms with van der Waals surface area (Å²) in [6.45, 7) is 4.90. The van der Waals surface area contributed by atoms with E-state index in [2.05, 4.69) is 5.32 Å². The highest BCUT2D eigenvalue weighted by molar-refractivity contribution is 4.65. The summed E-state index contributed by atoms with van der Waals surface area (Å²) < 4.78 is 10.8. The van der Waals surface area contributed by atoms with Gasteiger partial charge in [-0.3, -0.25) is 0 Å². The molecule has 108 valence electrons. The molecule has 0 spiro atoms. The van der Waals surface area contributed by atoms with Crippen LogP contribution in [0, 0.1) is 0 Å². The number of aliphatic hydroxyl groups excluding tert-OH is 2. The Morgan fingerprint density at radius 3 is 2.94 bits per heavy atom. The molecule has 1 rings (SSSR count). The summed E-state index contributed by atoms with van der Waals surface area (Å²) in [6, 6.07) is 0. The van der Waals surface area contributed by atoms with Crippen LogP contribution < -0.4 is 5.32 Å². The number of hydrogen-bond donors (Lipinski definition) is 3. The average Bonchev–Trinajstić information content (AvgIpc) is 2.81. The van der Waals surface area contributed by atoms with Gasteiger partial charge < -0.3 is 25.0 Å². The molecule has 3 N–H and O–H groups in total. The molecule has 0 amide bonds. The van der Waals surface area contributed by atoms with Crippen LogP contribution in [0.1, 0.15) is 32.6 Å². The second-order valence-electron chi connectivity index (χ2n) is 5.02. The van der Waals surface area contributed by atoms with E-state index in [-0.39, 0.29) is 12.2 Å². The molecule has 3 unspecified atom stereocenters. The fourth-order valence-electron chi connectivity index (χ4n) is 1.96. The predicted molar refractivity (Wildman–Crippen MR) is 69.6 cm³/mol. The molecule has 0 bridgehead atoms. The summed E-state index contributed by atoms with van der Waals surface area (Å²) in [5.74, 6) is 0. The molecular weight excluding hydrogens is 234 g/mol. The largest absolute Gasteiger partial charge is 0.393 e. The first kappa shape index (κ1) is 15.9. The van der Waals surface area contributed by atoms with Gasteiger partial charge >= 0.3 is 0 Å². The fraction of sp³-hybridized carbons (Fsp3) is 1.00. The molecule has 1 aliphatic heterocycles. The first-order valence-corrected chi connectivity index (χ1v) is 6.94. The van der Waals surface area contributed by atoms with Crippen LogP contribution in [0.15, 0.2) is 0 Å². The summed E-state index contributed by atoms with van der Waals surface area (Å²) in [6.07, 6.45) is 3.38. The van der Waals surface area contributed by atoms with Crippen molar-refractivity contribution in [3.63, 3.8) is 0 Å². The number of ether oxygens (including phenoxy) is 2. The van der Waals surface area contributed by atoms with Crippen LogP contribution in [-0.2, 0) is 9.47 Å². The van der Waals surface area contributed by atoms with E-state index in [1.807, 2.05) is 0 Å². The third-order valence-corrected chi connectivity index (χ3v) is 2.99. The van der Waals surface area contributed by atoms with Crippen LogP contribution in [0.5, 0.6) is 0 Å². The summed E-state index contributed by atoms with van der Waals surface area (Å²) >= 11 is 0. The standard InChI is InChI=1S/C13H27NO4/c1-11(15)4-2-6-14-8-12(16)9-17-10-13-5-3-7-18-13/h11-16H,2-10H2,1H3. The van der Waals surface area contributed by atoms with E-state index in [0.29, 0.717) is 19.8 Å². The molecule has 0 aliphatic carbocycles. The topological polar surface area (TPSA) is 71.0 Å². The molecule has 0 aromatic rings. The summed E-state index contributed by atoms with van der Waals surface area (Å²) in [5, 5.41) is 21.9. The Morgan fingerprint density at radius 2 is 2.28 bits per heavy atom. The summed E-state index contributed by atoms with van der Waals surface area (Å²) in [5.41, 5.74) is 0. The van der Waals surface area contributed by atoms with Gasteiger partial charge in [0.15, 0.2) is 0 Å². The zero-order chi connectivity index (χ0) is 13.2. The van der Waals surface area contributed by atoms with Gasteiger partial charge in [-0.2, -0.15) is 0 Å². The van der Waals surface area contributed by atoms with Gasteiger partial charge in [-0.15, -0.1) is 0 Å². The second kappa shape index (κ2) is 9.69. The molecule has 1 saturated heterocycles. The molecular formula is C13H27NO4. The molecule has 1 fully saturated rings. The van der Waals surface area contributed by atoms with E-state index in [0.717, 1.165) is 38.8 Å². The van der Waals surface area contributed by atoms with Crippen molar-refractivity contribution in [1.82, 2.24) is 5.32 Å². The summed E-state index contributed by atoms with van der Waals surface area (Å²) in [7, 11) is 0. The normalized spacial score (nSPS) is 23.2. The Balaban J connectivity index is 1.85. The van der Waals surface area contributed by atoms with E-state index >= 15 is 0 Å². The van der Waals surface area contributed by atoms with Gasteiger partial charge in [-0.05, 0) is 39.2 Å². The predicted octanol–water partition coefficient (Wildman–Crippen LogP) is 0.294. The van der Waals surface area contributed by atoms with E-state index in [9.17, 15) is 5.11 Å². The SMILES string of the molecule is CC(O)CCCNCC(O)COCC1CCCO1. The third kappa shape index (κ3) is 8.00. The minimum absolute atomic E-state index is 0.219. The van der Waals surface area contributed by atoms with Crippen molar-refractivity contribution in [3.05, 3.63) is 0 Å². The first-order valence-electron chi connectivity index (χ1n) is 6.94. The molecule has 5 heteroatoms. The highest BCUT2D eigenvalue weighted by Crippen LogP contribution is 2.11. The van der Waals surface area contributed by atoms with E-state index in [1.165, 1.54) is 0 Å². The van der Waals surface area contributed by atoms with Crippen LogP contribution in [0.2, 0.25) is 0 Å². The van der Waals surface area contributed by atoms with Gasteiger partial charge in [0.1, 0.15) is 0 Å². The average molecular weight is 261 g/mol. The Labute approximate surface area is 109 Å². The zero-order valence-corrected chi connectivity index (χ0v) is 11.3. The van der Waals surface area contributed by atoms with Crippen molar-refractivity contribution in [2.45, 2.75) is 50.9 Å². The van der Waals surface area contributed by atoms with Crippen molar-refractivity contribution in [2.24, 2.45) is 0 Å². The number of hydrogen-bond acceptors (Lipinski definition) is 5. The lowest BCUT2D eigenvalue weighted by Crippen LogP contribution is -2.32.